The monoisotopic (exact) mass is 372 g/mol. The minimum absolute atomic E-state index is 0.0493. The molecule has 4 rings (SSSR count). The number of phenolic OH excluding ortho intramolecular Hbond substituents is 1. The molecule has 0 bridgehead atoms. The van der Waals surface area contributed by atoms with E-state index < -0.39 is 0 Å². The predicted molar refractivity (Wildman–Crippen MR) is 108 cm³/mol. The molecule has 1 heterocycles. The fourth-order valence-corrected chi connectivity index (χ4v) is 3.62. The maximum atomic E-state index is 11.4. The van der Waals surface area contributed by atoms with Crippen molar-refractivity contribution in [1.82, 2.24) is 10.2 Å². The molecule has 4 aromatic rings. The topological polar surface area (TPSA) is 63.1 Å². The number of Topliss-reactive ketones (excluding diaryl/α,β-unsaturated/α-hetero) is 1. The third kappa shape index (κ3) is 3.64. The smallest absolute Gasteiger partial charge is 0.159 e. The number of hydrogen-bond donors (Lipinski definition) is 1. The zero-order chi connectivity index (χ0) is 18.8. The van der Waals surface area contributed by atoms with Gasteiger partial charge in [0.2, 0.25) is 0 Å². The molecule has 0 aliphatic carbocycles. The van der Waals surface area contributed by atoms with Gasteiger partial charge in [0.1, 0.15) is 15.8 Å². The van der Waals surface area contributed by atoms with E-state index in [9.17, 15) is 9.90 Å². The van der Waals surface area contributed by atoms with Crippen LogP contribution in [0, 0.1) is 0 Å². The molecule has 0 atom stereocenters. The van der Waals surface area contributed by atoms with Gasteiger partial charge in [-0.15, -0.1) is 10.2 Å². The Labute approximate surface area is 160 Å². The van der Waals surface area contributed by atoms with E-state index >= 15 is 0 Å². The van der Waals surface area contributed by atoms with Gasteiger partial charge in [0.05, 0.1) is 0 Å². The Hall–Kier alpha value is -3.31. The van der Waals surface area contributed by atoms with Gasteiger partial charge in [-0.05, 0) is 30.2 Å². The van der Waals surface area contributed by atoms with E-state index in [4.69, 9.17) is 0 Å². The van der Waals surface area contributed by atoms with Gasteiger partial charge in [0, 0.05) is 16.7 Å². The summed E-state index contributed by atoms with van der Waals surface area (Å²) >= 11 is 1.52. The highest BCUT2D eigenvalue weighted by molar-refractivity contribution is 7.17. The maximum Gasteiger partial charge on any atom is 0.159 e. The van der Waals surface area contributed by atoms with E-state index in [1.165, 1.54) is 11.3 Å². The summed E-state index contributed by atoms with van der Waals surface area (Å²) in [5.41, 5.74) is 4.76. The SMILES string of the molecule is CC(=O)c1ccc(-c2nnc(-c3ccc(-c4ccc(O)cc4)cc3)s2)cc1. The summed E-state index contributed by atoms with van der Waals surface area (Å²) in [5.74, 6) is 0.307. The van der Waals surface area contributed by atoms with Gasteiger partial charge < -0.3 is 5.11 Å². The lowest BCUT2D eigenvalue weighted by atomic mass is 10.0. The highest BCUT2D eigenvalue weighted by Gasteiger charge is 2.10. The first kappa shape index (κ1) is 17.1. The van der Waals surface area contributed by atoms with Gasteiger partial charge >= 0.3 is 0 Å². The molecule has 0 radical (unpaired) electrons. The number of hydrogen-bond acceptors (Lipinski definition) is 5. The largest absolute Gasteiger partial charge is 0.508 e. The Balaban J connectivity index is 1.57. The van der Waals surface area contributed by atoms with Crippen LogP contribution in [0.2, 0.25) is 0 Å². The van der Waals surface area contributed by atoms with Crippen molar-refractivity contribution in [3.8, 4) is 38.0 Å². The van der Waals surface area contributed by atoms with Crippen LogP contribution in [0.15, 0.2) is 72.8 Å². The van der Waals surface area contributed by atoms with Crippen LogP contribution in [-0.2, 0) is 0 Å². The molecule has 0 saturated carbocycles. The molecule has 0 saturated heterocycles. The Morgan fingerprint density at radius 2 is 1.11 bits per heavy atom. The summed E-state index contributed by atoms with van der Waals surface area (Å²) in [6.45, 7) is 1.56. The average Bonchev–Trinajstić information content (AvgIpc) is 3.19. The first-order chi connectivity index (χ1) is 13.1. The second-order valence-corrected chi connectivity index (χ2v) is 7.15. The van der Waals surface area contributed by atoms with E-state index in [0.717, 1.165) is 32.3 Å². The number of carbonyl (C=O) groups is 1. The second-order valence-electron chi connectivity index (χ2n) is 6.17. The van der Waals surface area contributed by atoms with Gasteiger partial charge in [-0.25, -0.2) is 0 Å². The van der Waals surface area contributed by atoms with Crippen molar-refractivity contribution in [2.24, 2.45) is 0 Å². The van der Waals surface area contributed by atoms with E-state index in [1.54, 1.807) is 19.1 Å². The lowest BCUT2D eigenvalue weighted by molar-refractivity contribution is 0.101. The van der Waals surface area contributed by atoms with E-state index in [0.29, 0.717) is 5.56 Å². The molecule has 0 aliphatic heterocycles. The van der Waals surface area contributed by atoms with Crippen molar-refractivity contribution in [3.05, 3.63) is 78.4 Å². The fraction of sp³-hybridized carbons (Fsp3) is 0.0455. The standard InChI is InChI=1S/C22H16N2O2S/c1-14(25)15-2-6-18(7-3-15)21-23-24-22(27-21)19-8-4-16(5-9-19)17-10-12-20(26)13-11-17/h2-13,26H,1H3. The van der Waals surface area contributed by atoms with Gasteiger partial charge in [-0.3, -0.25) is 4.79 Å². The molecule has 1 aromatic heterocycles. The quantitative estimate of drug-likeness (QED) is 0.484. The van der Waals surface area contributed by atoms with Crippen molar-refractivity contribution in [2.75, 3.05) is 0 Å². The lowest BCUT2D eigenvalue weighted by Crippen LogP contribution is -1.90. The van der Waals surface area contributed by atoms with E-state index in [1.807, 2.05) is 60.7 Å². The van der Waals surface area contributed by atoms with Crippen molar-refractivity contribution in [3.63, 3.8) is 0 Å². The zero-order valence-corrected chi connectivity index (χ0v) is 15.4. The van der Waals surface area contributed by atoms with Crippen LogP contribution in [0.1, 0.15) is 17.3 Å². The van der Waals surface area contributed by atoms with Crippen LogP contribution in [0.25, 0.3) is 32.3 Å². The second kappa shape index (κ2) is 7.13. The molecule has 4 nitrogen and oxygen atoms in total. The number of aromatic hydroxyl groups is 1. The van der Waals surface area contributed by atoms with Crippen molar-refractivity contribution < 1.29 is 9.90 Å². The molecule has 27 heavy (non-hydrogen) atoms. The molecule has 0 aliphatic rings. The molecule has 0 unspecified atom stereocenters. The summed E-state index contributed by atoms with van der Waals surface area (Å²) in [4.78, 5) is 11.4. The molecular formula is C22H16N2O2S. The maximum absolute atomic E-state index is 11.4. The Morgan fingerprint density at radius 1 is 0.704 bits per heavy atom. The Bertz CT molecular complexity index is 1080. The average molecular weight is 372 g/mol. The lowest BCUT2D eigenvalue weighted by Gasteiger charge is -2.03. The Kier molecular flexibility index (Phi) is 4.52. The molecule has 132 valence electrons. The number of phenols is 1. The van der Waals surface area contributed by atoms with Crippen LogP contribution in [-0.4, -0.2) is 21.1 Å². The number of carbonyl (C=O) groups excluding carboxylic acids is 1. The minimum Gasteiger partial charge on any atom is -0.508 e. The fourth-order valence-electron chi connectivity index (χ4n) is 2.76. The molecule has 3 aromatic carbocycles. The highest BCUT2D eigenvalue weighted by atomic mass is 32.1. The summed E-state index contributed by atoms with van der Waals surface area (Å²) in [6, 6.07) is 22.7. The first-order valence-corrected chi connectivity index (χ1v) is 9.26. The molecule has 5 heteroatoms. The number of aromatic nitrogens is 2. The number of benzene rings is 3. The predicted octanol–water partition coefficient (Wildman–Crippen LogP) is 5.45. The third-order valence-corrected chi connectivity index (χ3v) is 5.32. The van der Waals surface area contributed by atoms with Crippen molar-refractivity contribution in [1.29, 1.82) is 0 Å². The molecule has 0 fully saturated rings. The van der Waals surface area contributed by atoms with E-state index in [2.05, 4.69) is 10.2 Å². The summed E-state index contributed by atoms with van der Waals surface area (Å²) in [6.07, 6.45) is 0. The molecule has 0 amide bonds. The highest BCUT2D eigenvalue weighted by Crippen LogP contribution is 2.31. The van der Waals surface area contributed by atoms with Crippen LogP contribution in [0.3, 0.4) is 0 Å². The number of ketones is 1. The summed E-state index contributed by atoms with van der Waals surface area (Å²) in [7, 11) is 0. The summed E-state index contributed by atoms with van der Waals surface area (Å²) < 4.78 is 0. The zero-order valence-electron chi connectivity index (χ0n) is 14.6. The number of nitrogens with zero attached hydrogens (tertiary/aromatic N) is 2. The van der Waals surface area contributed by atoms with Gasteiger partial charge in [-0.2, -0.15) is 0 Å². The minimum atomic E-state index is 0.0493. The van der Waals surface area contributed by atoms with Gasteiger partial charge in [0.15, 0.2) is 5.78 Å². The van der Waals surface area contributed by atoms with Crippen LogP contribution >= 0.6 is 11.3 Å². The van der Waals surface area contributed by atoms with Gasteiger partial charge in [-0.1, -0.05) is 72.0 Å². The number of rotatable bonds is 4. The van der Waals surface area contributed by atoms with Crippen molar-refractivity contribution in [2.45, 2.75) is 6.92 Å². The van der Waals surface area contributed by atoms with Crippen molar-refractivity contribution >= 4 is 17.1 Å². The molecular weight excluding hydrogens is 356 g/mol. The van der Waals surface area contributed by atoms with E-state index in [-0.39, 0.29) is 11.5 Å². The normalized spacial score (nSPS) is 10.7. The summed E-state index contributed by atoms with van der Waals surface area (Å²) in [5, 5.41) is 19.7. The Morgan fingerprint density at radius 3 is 1.59 bits per heavy atom. The molecule has 1 N–H and O–H groups in total. The third-order valence-electron chi connectivity index (χ3n) is 4.30. The van der Waals surface area contributed by atoms with Gasteiger partial charge in [0.25, 0.3) is 0 Å². The van der Waals surface area contributed by atoms with Crippen LogP contribution in [0.4, 0.5) is 0 Å². The van der Waals surface area contributed by atoms with Crippen LogP contribution in [0.5, 0.6) is 5.75 Å². The molecule has 0 spiro atoms. The first-order valence-electron chi connectivity index (χ1n) is 8.45. The van der Waals surface area contributed by atoms with Crippen LogP contribution < -0.4 is 0 Å².